The van der Waals surface area contributed by atoms with E-state index in [0.29, 0.717) is 0 Å². The Hall–Kier alpha value is -0.630. The maximum absolute atomic E-state index is 4.98. The first-order chi connectivity index (χ1) is 3.93. The highest BCUT2D eigenvalue weighted by Crippen LogP contribution is 1.98. The Morgan fingerprint density at radius 2 is 2.62 bits per heavy atom. The largest absolute Gasteiger partial charge is 0.469 e. The van der Waals surface area contributed by atoms with Crippen molar-refractivity contribution in [3.05, 3.63) is 24.2 Å². The van der Waals surface area contributed by atoms with E-state index in [4.69, 9.17) is 4.42 Å². The maximum atomic E-state index is 4.98. The van der Waals surface area contributed by atoms with Gasteiger partial charge in [-0.1, -0.05) is 12.2 Å². The molecule has 0 saturated carbocycles. The predicted octanol–water partition coefficient (Wildman–Crippen LogP) is 1.82. The van der Waals surface area contributed by atoms with Gasteiger partial charge in [0.2, 0.25) is 0 Å². The van der Waals surface area contributed by atoms with Crippen molar-refractivity contribution in [2.75, 3.05) is 0 Å². The third-order valence-corrected chi connectivity index (χ3v) is 1.03. The number of thiocarbonyl (C=S) groups is 1. The molecule has 1 heterocycles. The average molecular weight is 126 g/mol. The van der Waals surface area contributed by atoms with Crippen LogP contribution in [0.2, 0.25) is 0 Å². The fourth-order valence-electron chi connectivity index (χ4n) is 0.511. The van der Waals surface area contributed by atoms with Crippen molar-refractivity contribution in [2.24, 2.45) is 0 Å². The van der Waals surface area contributed by atoms with Crippen LogP contribution in [0.15, 0.2) is 22.8 Å². The standard InChI is InChI=1S/C6H6OS/c8-5-3-6-2-1-4-7-6/h1-2,4-5H,3H2. The molecule has 0 radical (unpaired) electrons. The molecule has 1 aromatic heterocycles. The van der Waals surface area contributed by atoms with Crippen molar-refractivity contribution in [3.8, 4) is 0 Å². The molecule has 0 fully saturated rings. The zero-order chi connectivity index (χ0) is 5.82. The number of hydrogen-bond donors (Lipinski definition) is 0. The van der Waals surface area contributed by atoms with Crippen LogP contribution in [0, 0.1) is 0 Å². The van der Waals surface area contributed by atoms with Crippen LogP contribution in [0.3, 0.4) is 0 Å². The molecule has 0 bridgehead atoms. The van der Waals surface area contributed by atoms with E-state index in [1.54, 1.807) is 11.6 Å². The first kappa shape index (κ1) is 5.51. The van der Waals surface area contributed by atoms with Gasteiger partial charge in [-0.25, -0.2) is 0 Å². The van der Waals surface area contributed by atoms with E-state index in [0.717, 1.165) is 12.2 Å². The van der Waals surface area contributed by atoms with Crippen LogP contribution in [0.1, 0.15) is 5.76 Å². The molecule has 0 atom stereocenters. The van der Waals surface area contributed by atoms with Crippen LogP contribution in [0.4, 0.5) is 0 Å². The first-order valence-electron chi connectivity index (χ1n) is 2.39. The highest BCUT2D eigenvalue weighted by Gasteiger charge is 1.87. The normalized spacial score (nSPS) is 9.00. The molecule has 42 valence electrons. The quantitative estimate of drug-likeness (QED) is 0.561. The van der Waals surface area contributed by atoms with Gasteiger partial charge in [0.15, 0.2) is 0 Å². The van der Waals surface area contributed by atoms with E-state index in [2.05, 4.69) is 12.2 Å². The van der Waals surface area contributed by atoms with E-state index in [1.807, 2.05) is 12.1 Å². The molecule has 0 N–H and O–H groups in total. The summed E-state index contributed by atoms with van der Waals surface area (Å²) < 4.78 is 4.98. The van der Waals surface area contributed by atoms with Gasteiger partial charge >= 0.3 is 0 Å². The maximum Gasteiger partial charge on any atom is 0.108 e. The Kier molecular flexibility index (Phi) is 1.80. The predicted molar refractivity (Wildman–Crippen MR) is 36.1 cm³/mol. The lowest BCUT2D eigenvalue weighted by molar-refractivity contribution is 0.528. The zero-order valence-electron chi connectivity index (χ0n) is 4.33. The molecule has 2 heteroatoms. The molecule has 8 heavy (non-hydrogen) atoms. The van der Waals surface area contributed by atoms with E-state index in [-0.39, 0.29) is 0 Å². The minimum atomic E-state index is 0.752. The van der Waals surface area contributed by atoms with Gasteiger partial charge in [0.05, 0.1) is 6.26 Å². The Morgan fingerprint density at radius 1 is 1.75 bits per heavy atom. The highest BCUT2D eigenvalue weighted by atomic mass is 32.1. The summed E-state index contributed by atoms with van der Waals surface area (Å²) in [4.78, 5) is 0. The molecule has 0 aliphatic rings. The molecular formula is C6H6OS. The van der Waals surface area contributed by atoms with Crippen LogP contribution in [0.25, 0.3) is 0 Å². The average Bonchev–Trinajstić information content (AvgIpc) is 2.19. The van der Waals surface area contributed by atoms with Crippen molar-refractivity contribution in [1.82, 2.24) is 0 Å². The minimum Gasteiger partial charge on any atom is -0.469 e. The lowest BCUT2D eigenvalue weighted by Crippen LogP contribution is -1.75. The van der Waals surface area contributed by atoms with E-state index in [1.165, 1.54) is 0 Å². The monoisotopic (exact) mass is 126 g/mol. The molecular weight excluding hydrogens is 120 g/mol. The van der Waals surface area contributed by atoms with E-state index in [9.17, 15) is 0 Å². The second-order valence-electron chi connectivity index (χ2n) is 1.45. The van der Waals surface area contributed by atoms with Gasteiger partial charge in [-0.05, 0) is 17.5 Å². The Morgan fingerprint density at radius 3 is 3.12 bits per heavy atom. The Bertz CT molecular complexity index is 155. The van der Waals surface area contributed by atoms with Gasteiger partial charge in [0, 0.05) is 6.42 Å². The Labute approximate surface area is 53.3 Å². The molecule has 0 unspecified atom stereocenters. The van der Waals surface area contributed by atoms with E-state index < -0.39 is 0 Å². The molecule has 1 nitrogen and oxygen atoms in total. The Balaban J connectivity index is 2.62. The summed E-state index contributed by atoms with van der Waals surface area (Å²) in [6, 6.07) is 3.76. The van der Waals surface area contributed by atoms with Gasteiger partial charge in [0.25, 0.3) is 0 Å². The third kappa shape index (κ3) is 1.17. The summed E-state index contributed by atoms with van der Waals surface area (Å²) in [7, 11) is 0. The van der Waals surface area contributed by atoms with Gasteiger partial charge in [-0.3, -0.25) is 0 Å². The van der Waals surface area contributed by atoms with Crippen LogP contribution >= 0.6 is 12.2 Å². The SMILES string of the molecule is S=CCc1ccco1. The lowest BCUT2D eigenvalue weighted by Gasteiger charge is -1.80. The second kappa shape index (κ2) is 2.62. The summed E-state index contributed by atoms with van der Waals surface area (Å²) in [5.74, 6) is 0.931. The fourth-order valence-corrected chi connectivity index (χ4v) is 0.675. The smallest absolute Gasteiger partial charge is 0.108 e. The number of rotatable bonds is 2. The van der Waals surface area contributed by atoms with Crippen molar-refractivity contribution < 1.29 is 4.42 Å². The van der Waals surface area contributed by atoms with Crippen LogP contribution in [0.5, 0.6) is 0 Å². The van der Waals surface area contributed by atoms with Crippen LogP contribution < -0.4 is 0 Å². The van der Waals surface area contributed by atoms with Crippen molar-refractivity contribution >= 4 is 17.6 Å². The first-order valence-corrected chi connectivity index (χ1v) is 2.86. The summed E-state index contributed by atoms with van der Waals surface area (Å²) >= 11 is 4.62. The van der Waals surface area contributed by atoms with E-state index >= 15 is 0 Å². The van der Waals surface area contributed by atoms with Gasteiger partial charge in [0.1, 0.15) is 5.76 Å². The minimum absolute atomic E-state index is 0.752. The van der Waals surface area contributed by atoms with Gasteiger partial charge in [-0.2, -0.15) is 0 Å². The van der Waals surface area contributed by atoms with Gasteiger partial charge in [-0.15, -0.1) is 0 Å². The number of furan rings is 1. The second-order valence-corrected chi connectivity index (χ2v) is 1.78. The fraction of sp³-hybridized carbons (Fsp3) is 0.167. The third-order valence-electron chi connectivity index (χ3n) is 0.865. The van der Waals surface area contributed by atoms with Crippen molar-refractivity contribution in [3.63, 3.8) is 0 Å². The van der Waals surface area contributed by atoms with Crippen molar-refractivity contribution in [2.45, 2.75) is 6.42 Å². The lowest BCUT2D eigenvalue weighted by atomic mass is 10.4. The van der Waals surface area contributed by atoms with Crippen LogP contribution in [-0.2, 0) is 6.42 Å². The summed E-state index contributed by atoms with van der Waals surface area (Å²) in [5, 5.41) is 1.65. The molecule has 1 rings (SSSR count). The summed E-state index contributed by atoms with van der Waals surface area (Å²) in [5.41, 5.74) is 0. The molecule has 0 aromatic carbocycles. The van der Waals surface area contributed by atoms with Crippen molar-refractivity contribution in [1.29, 1.82) is 0 Å². The molecule has 0 spiro atoms. The molecule has 0 saturated heterocycles. The zero-order valence-corrected chi connectivity index (χ0v) is 5.15. The summed E-state index contributed by atoms with van der Waals surface area (Å²) in [6.45, 7) is 0. The van der Waals surface area contributed by atoms with Gasteiger partial charge < -0.3 is 4.42 Å². The number of hydrogen-bond acceptors (Lipinski definition) is 2. The topological polar surface area (TPSA) is 13.1 Å². The van der Waals surface area contributed by atoms with Crippen LogP contribution in [-0.4, -0.2) is 5.37 Å². The molecule has 0 aliphatic heterocycles. The molecule has 0 aliphatic carbocycles. The highest BCUT2D eigenvalue weighted by molar-refractivity contribution is 7.78. The summed E-state index contributed by atoms with van der Waals surface area (Å²) in [6.07, 6.45) is 2.40. The molecule has 1 aromatic rings. The molecule has 0 amide bonds.